The van der Waals surface area contributed by atoms with Crippen molar-refractivity contribution in [2.75, 3.05) is 5.73 Å². The summed E-state index contributed by atoms with van der Waals surface area (Å²) < 4.78 is 0.817. The molecule has 23 heavy (non-hydrogen) atoms. The van der Waals surface area contributed by atoms with Crippen LogP contribution in [0.4, 0.5) is 5.13 Å². The van der Waals surface area contributed by atoms with Gasteiger partial charge >= 0.3 is 0 Å². The average molecular weight is 350 g/mol. The number of benzene rings is 1. The van der Waals surface area contributed by atoms with Gasteiger partial charge in [-0.2, -0.15) is 0 Å². The summed E-state index contributed by atoms with van der Waals surface area (Å²) in [5, 5.41) is 9.40. The number of nitrogen functional groups attached to an aromatic ring is 1. The lowest BCUT2D eigenvalue weighted by molar-refractivity contribution is 0.994. The number of para-hydroxylation sites is 1. The third-order valence-electron chi connectivity index (χ3n) is 2.56. The van der Waals surface area contributed by atoms with Crippen LogP contribution in [-0.2, 0) is 6.54 Å². The van der Waals surface area contributed by atoms with E-state index in [9.17, 15) is 0 Å². The molecular weight excluding hydrogens is 326 g/mol. The molecule has 0 spiro atoms. The van der Waals surface area contributed by atoms with Crippen molar-refractivity contribution in [1.82, 2.24) is 15.2 Å². The van der Waals surface area contributed by atoms with Crippen molar-refractivity contribution in [3.05, 3.63) is 36.0 Å². The van der Waals surface area contributed by atoms with Gasteiger partial charge in [0, 0.05) is 16.8 Å². The predicted molar refractivity (Wildman–Crippen MR) is 101 cm³/mol. The molecule has 0 amide bonds. The standard InChI is InChI=1S/C12H11N5S2.2C2H6/c13-6-7-5-10(18-12-17-16-11(14)19-12)8-3-1-2-4-9(8)15-7;2*1-2/h1-5H,6,13H2,(H2,14,16);2*1-2H3. The van der Waals surface area contributed by atoms with Crippen molar-refractivity contribution in [3.8, 4) is 0 Å². The van der Waals surface area contributed by atoms with Crippen molar-refractivity contribution in [2.24, 2.45) is 5.73 Å². The predicted octanol–water partition coefficient (Wildman–Crippen LogP) is 4.33. The van der Waals surface area contributed by atoms with Crippen molar-refractivity contribution < 1.29 is 0 Å². The molecule has 0 aliphatic heterocycles. The Morgan fingerprint density at radius 2 is 1.78 bits per heavy atom. The van der Waals surface area contributed by atoms with E-state index in [0.717, 1.165) is 25.8 Å². The number of fused-ring (bicyclic) bond motifs is 1. The third-order valence-corrected chi connectivity index (χ3v) is 4.42. The Kier molecular flexibility index (Phi) is 8.53. The van der Waals surface area contributed by atoms with Gasteiger partial charge in [0.1, 0.15) is 0 Å². The zero-order valence-electron chi connectivity index (χ0n) is 13.9. The Morgan fingerprint density at radius 3 is 2.39 bits per heavy atom. The minimum Gasteiger partial charge on any atom is -0.374 e. The minimum atomic E-state index is 0.413. The Labute approximate surface area is 145 Å². The van der Waals surface area contributed by atoms with Crippen molar-refractivity contribution >= 4 is 39.1 Å². The van der Waals surface area contributed by atoms with E-state index in [4.69, 9.17) is 11.5 Å². The quantitative estimate of drug-likeness (QED) is 0.731. The van der Waals surface area contributed by atoms with Crippen LogP contribution in [0.25, 0.3) is 10.9 Å². The molecule has 3 rings (SSSR count). The Bertz CT molecular complexity index is 727. The summed E-state index contributed by atoms with van der Waals surface area (Å²) in [6, 6.07) is 9.96. The lowest BCUT2D eigenvalue weighted by Crippen LogP contribution is -2.00. The third kappa shape index (κ3) is 5.16. The molecular formula is C16H23N5S2. The first-order valence-corrected chi connectivity index (χ1v) is 9.25. The van der Waals surface area contributed by atoms with Crippen LogP contribution in [0.15, 0.2) is 39.6 Å². The molecule has 0 saturated heterocycles. The van der Waals surface area contributed by atoms with Crippen molar-refractivity contribution in [2.45, 2.75) is 43.5 Å². The monoisotopic (exact) mass is 349 g/mol. The molecule has 0 fully saturated rings. The summed E-state index contributed by atoms with van der Waals surface area (Å²) in [7, 11) is 0. The highest BCUT2D eigenvalue weighted by Crippen LogP contribution is 2.35. The fourth-order valence-electron chi connectivity index (χ4n) is 1.74. The van der Waals surface area contributed by atoms with Crippen molar-refractivity contribution in [3.63, 3.8) is 0 Å². The first-order chi connectivity index (χ1) is 11.3. The van der Waals surface area contributed by atoms with Gasteiger partial charge in [-0.15, -0.1) is 10.2 Å². The second kappa shape index (κ2) is 10.1. The van der Waals surface area contributed by atoms with E-state index in [0.29, 0.717) is 11.7 Å². The summed E-state index contributed by atoms with van der Waals surface area (Å²) in [5.41, 5.74) is 13.1. The second-order valence-electron chi connectivity index (χ2n) is 3.84. The van der Waals surface area contributed by atoms with Crippen LogP contribution in [0.2, 0.25) is 0 Å². The summed E-state index contributed by atoms with van der Waals surface area (Å²) in [4.78, 5) is 5.58. The fourth-order valence-corrected chi connectivity index (χ4v) is 3.52. The minimum absolute atomic E-state index is 0.413. The van der Waals surface area contributed by atoms with Gasteiger partial charge in [-0.05, 0) is 12.1 Å². The van der Waals surface area contributed by atoms with Gasteiger partial charge in [-0.3, -0.25) is 4.98 Å². The van der Waals surface area contributed by atoms with Crippen LogP contribution in [0.5, 0.6) is 0 Å². The van der Waals surface area contributed by atoms with Gasteiger partial charge in [0.2, 0.25) is 5.13 Å². The van der Waals surface area contributed by atoms with Gasteiger partial charge in [0.15, 0.2) is 4.34 Å². The average Bonchev–Trinajstić information content (AvgIpc) is 3.03. The van der Waals surface area contributed by atoms with E-state index in [1.807, 2.05) is 58.0 Å². The maximum absolute atomic E-state index is 5.69. The number of hydrogen-bond donors (Lipinski definition) is 2. The fraction of sp³-hybridized carbons (Fsp3) is 0.312. The lowest BCUT2D eigenvalue weighted by Gasteiger charge is -2.06. The molecule has 2 aromatic heterocycles. The molecule has 7 heteroatoms. The van der Waals surface area contributed by atoms with Gasteiger partial charge in [0.25, 0.3) is 0 Å². The molecule has 1 aromatic carbocycles. The Hall–Kier alpha value is -1.70. The normalized spacial score (nSPS) is 9.61. The molecule has 3 aromatic rings. The Morgan fingerprint density at radius 1 is 1.09 bits per heavy atom. The number of nitrogens with two attached hydrogens (primary N) is 2. The van der Waals surface area contributed by atoms with Gasteiger partial charge < -0.3 is 11.5 Å². The van der Waals surface area contributed by atoms with Gasteiger partial charge in [0.05, 0.1) is 11.2 Å². The molecule has 0 bridgehead atoms. The number of hydrogen-bond acceptors (Lipinski definition) is 7. The molecule has 124 valence electrons. The van der Waals surface area contributed by atoms with E-state index in [2.05, 4.69) is 15.2 Å². The van der Waals surface area contributed by atoms with Crippen LogP contribution >= 0.6 is 23.1 Å². The van der Waals surface area contributed by atoms with E-state index >= 15 is 0 Å². The van der Waals surface area contributed by atoms with Gasteiger partial charge in [-0.1, -0.05) is 69.0 Å². The molecule has 0 atom stereocenters. The molecule has 5 nitrogen and oxygen atoms in total. The number of pyridine rings is 1. The molecule has 0 unspecified atom stereocenters. The van der Waals surface area contributed by atoms with Crippen LogP contribution in [0.1, 0.15) is 33.4 Å². The zero-order valence-corrected chi connectivity index (χ0v) is 15.5. The van der Waals surface area contributed by atoms with Gasteiger partial charge in [-0.25, -0.2) is 0 Å². The van der Waals surface area contributed by atoms with Crippen LogP contribution < -0.4 is 11.5 Å². The van der Waals surface area contributed by atoms with E-state index in [1.165, 1.54) is 23.1 Å². The molecule has 4 N–H and O–H groups in total. The topological polar surface area (TPSA) is 90.7 Å². The maximum atomic E-state index is 5.69. The summed E-state index contributed by atoms with van der Waals surface area (Å²) in [5.74, 6) is 0. The van der Waals surface area contributed by atoms with E-state index in [-0.39, 0.29) is 0 Å². The summed E-state index contributed by atoms with van der Waals surface area (Å²) >= 11 is 2.91. The first kappa shape index (κ1) is 19.3. The van der Waals surface area contributed by atoms with Crippen LogP contribution in [0, 0.1) is 0 Å². The smallest absolute Gasteiger partial charge is 0.203 e. The maximum Gasteiger partial charge on any atom is 0.203 e. The highest BCUT2D eigenvalue weighted by Gasteiger charge is 2.09. The highest BCUT2D eigenvalue weighted by molar-refractivity contribution is 8.01. The number of rotatable bonds is 3. The lowest BCUT2D eigenvalue weighted by atomic mass is 10.2. The SMILES string of the molecule is CC.CC.NCc1cc(Sc2nnc(N)s2)c2ccccc2n1. The number of anilines is 1. The molecule has 0 saturated carbocycles. The van der Waals surface area contributed by atoms with E-state index < -0.39 is 0 Å². The number of aromatic nitrogens is 3. The second-order valence-corrected chi connectivity index (χ2v) is 6.14. The first-order valence-electron chi connectivity index (χ1n) is 7.62. The Balaban J connectivity index is 0.000000615. The highest BCUT2D eigenvalue weighted by atomic mass is 32.2. The van der Waals surface area contributed by atoms with Crippen LogP contribution in [-0.4, -0.2) is 15.2 Å². The zero-order chi connectivity index (χ0) is 17.2. The molecule has 0 aliphatic carbocycles. The van der Waals surface area contributed by atoms with Crippen molar-refractivity contribution in [1.29, 1.82) is 0 Å². The van der Waals surface area contributed by atoms with Crippen LogP contribution in [0.3, 0.4) is 0 Å². The number of nitrogens with zero attached hydrogens (tertiary/aromatic N) is 3. The molecule has 2 heterocycles. The van der Waals surface area contributed by atoms with E-state index in [1.54, 1.807) is 0 Å². The molecule has 0 aliphatic rings. The summed E-state index contributed by atoms with van der Waals surface area (Å²) in [6.07, 6.45) is 0. The molecule has 0 radical (unpaired) electrons. The summed E-state index contributed by atoms with van der Waals surface area (Å²) in [6.45, 7) is 8.41. The largest absolute Gasteiger partial charge is 0.374 e.